The first-order valence-corrected chi connectivity index (χ1v) is 12.7. The van der Waals surface area contributed by atoms with Gasteiger partial charge >= 0.3 is 0 Å². The van der Waals surface area contributed by atoms with Crippen LogP contribution >= 0.6 is 34.2 Å². The molecule has 0 aliphatic rings. The number of nitrogens with zero attached hydrogens (tertiary/aromatic N) is 3. The van der Waals surface area contributed by atoms with Gasteiger partial charge in [0.15, 0.2) is 0 Å². The Morgan fingerprint density at radius 2 is 1.82 bits per heavy atom. The summed E-state index contributed by atoms with van der Waals surface area (Å²) < 4.78 is 26.7. The Morgan fingerprint density at radius 1 is 1.12 bits per heavy atom. The summed E-state index contributed by atoms with van der Waals surface area (Å²) in [6.45, 7) is 6.61. The van der Waals surface area contributed by atoms with E-state index in [9.17, 15) is 9.50 Å². The molecular weight excluding hydrogens is 571 g/mol. The number of halogens is 3. The molecule has 2 atom stereocenters. The highest BCUT2D eigenvalue weighted by Gasteiger charge is 2.24. The standard InChI is InChI=1S/C25H30ClFIN3O3/c1-17(11-26)15-34-24-9-6-19(10-23(24)28)25(2,3)18-4-7-22(8-5-18)33-16-21(32)14-31-13-20(12-27)29-30-31/h4-10,13,17,21,32H,11-12,14-16H2,1-3H3/t17-,21-/m1/s1/i27-1. The van der Waals surface area contributed by atoms with Crippen molar-refractivity contribution in [3.05, 3.63) is 69.1 Å². The molecule has 0 amide bonds. The minimum Gasteiger partial charge on any atom is -0.492 e. The predicted molar refractivity (Wildman–Crippen MR) is 139 cm³/mol. The van der Waals surface area contributed by atoms with Gasteiger partial charge in [-0.2, -0.15) is 0 Å². The lowest BCUT2D eigenvalue weighted by Gasteiger charge is -2.27. The molecule has 3 aromatic rings. The van der Waals surface area contributed by atoms with Gasteiger partial charge < -0.3 is 14.6 Å². The largest absolute Gasteiger partial charge is 0.492 e. The summed E-state index contributed by atoms with van der Waals surface area (Å²) in [6, 6.07) is 14.1. The zero-order valence-electron chi connectivity index (χ0n) is 19.5. The highest BCUT2D eigenvalue weighted by molar-refractivity contribution is 14.1. The zero-order valence-corrected chi connectivity index (χ0v) is 22.5. The number of hydrogen-bond acceptors (Lipinski definition) is 5. The average Bonchev–Trinajstić information content (AvgIpc) is 3.29. The maximum atomic E-state index is 12.6. The van der Waals surface area contributed by atoms with Crippen LogP contribution in [0.3, 0.4) is 0 Å². The van der Waals surface area contributed by atoms with E-state index in [4.69, 9.17) is 21.1 Å². The van der Waals surface area contributed by atoms with Gasteiger partial charge in [-0.05, 0) is 58.0 Å². The molecule has 0 aliphatic heterocycles. The number of aliphatic hydroxyl groups excluding tert-OH is 1. The Morgan fingerprint density at radius 3 is 2.44 bits per heavy atom. The highest BCUT2D eigenvalue weighted by Crippen LogP contribution is 2.35. The van der Waals surface area contributed by atoms with Crippen LogP contribution in [0.5, 0.6) is 11.5 Å². The fourth-order valence-electron chi connectivity index (χ4n) is 3.37. The molecule has 0 bridgehead atoms. The van der Waals surface area contributed by atoms with E-state index in [0.717, 1.165) is 14.9 Å². The second kappa shape index (κ2) is 12.2. The number of alkyl halides is 2. The van der Waals surface area contributed by atoms with Gasteiger partial charge in [0.1, 0.15) is 36.6 Å². The van der Waals surface area contributed by atoms with Crippen LogP contribution in [0, 0.1) is 9.49 Å². The molecule has 0 fully saturated rings. The Kier molecular flexibility index (Phi) is 9.56. The Bertz CT molecular complexity index is 1060. The predicted octanol–water partition coefficient (Wildman–Crippen LogP) is 5.37. The van der Waals surface area contributed by atoms with Crippen molar-refractivity contribution in [2.45, 2.75) is 45.5 Å². The Hall–Kier alpha value is -1.91. The second-order valence-corrected chi connectivity index (χ2v) is 10.4. The Balaban J connectivity index is 1.59. The van der Waals surface area contributed by atoms with Crippen LogP contribution in [0.25, 0.3) is 0 Å². The monoisotopic (exact) mass is 600 g/mol. The van der Waals surface area contributed by atoms with Crippen molar-refractivity contribution in [2.75, 3.05) is 19.1 Å². The molecule has 0 aliphatic carbocycles. The van der Waals surface area contributed by atoms with Crippen molar-refractivity contribution in [2.24, 2.45) is 5.92 Å². The van der Waals surface area contributed by atoms with Crippen LogP contribution in [0.15, 0.2) is 48.7 Å². The van der Waals surface area contributed by atoms with Crippen LogP contribution in [-0.2, 0) is 18.6 Å². The minimum atomic E-state index is -0.791. The first kappa shape index (κ1) is 26.7. The van der Waals surface area contributed by atoms with Crippen molar-refractivity contribution in [3.8, 4) is 11.5 Å². The first-order valence-electron chi connectivity index (χ1n) is 11.1. The number of hydrogen-bond donors (Lipinski definition) is 1. The minimum absolute atomic E-state index is 0.0928. The third kappa shape index (κ3) is 7.05. The number of rotatable bonds is 12. The summed E-state index contributed by atoms with van der Waals surface area (Å²) in [5.41, 5.74) is 2.34. The lowest BCUT2D eigenvalue weighted by atomic mass is 9.78. The molecule has 1 heterocycles. The molecule has 1 aromatic heterocycles. The van der Waals surface area contributed by atoms with E-state index in [-0.39, 0.29) is 24.3 Å². The lowest BCUT2D eigenvalue weighted by molar-refractivity contribution is 0.0888. The fourth-order valence-corrected chi connectivity index (χ4v) is 4.13. The van der Waals surface area contributed by atoms with Crippen molar-refractivity contribution < 1.29 is 19.0 Å². The van der Waals surface area contributed by atoms with Crippen LogP contribution in [0.2, 0.25) is 0 Å². The summed E-state index contributed by atoms with van der Waals surface area (Å²) in [7, 11) is 0. The molecule has 9 heteroatoms. The molecule has 34 heavy (non-hydrogen) atoms. The van der Waals surface area contributed by atoms with Crippen LogP contribution in [0.1, 0.15) is 37.6 Å². The molecule has 0 spiro atoms. The van der Waals surface area contributed by atoms with Crippen molar-refractivity contribution in [1.82, 2.24) is 15.0 Å². The SMILES string of the molecule is C[C@H](CCl)COc1ccc(C(C)(C)c2ccc(OC[C@H](O)Cn3cc(C[18F])nn3)cc2)cc1I. The van der Waals surface area contributed by atoms with E-state index < -0.39 is 12.8 Å². The average molecular weight is 601 g/mol. The topological polar surface area (TPSA) is 69.4 Å². The van der Waals surface area contributed by atoms with E-state index in [1.807, 2.05) is 30.3 Å². The molecule has 3 rings (SSSR count). The molecule has 0 radical (unpaired) electrons. The maximum absolute atomic E-state index is 12.6. The summed E-state index contributed by atoms with van der Waals surface area (Å²) in [5.74, 6) is 2.40. The summed E-state index contributed by atoms with van der Waals surface area (Å²) in [5, 5.41) is 17.6. The van der Waals surface area contributed by atoms with Gasteiger partial charge in [0.2, 0.25) is 0 Å². The van der Waals surface area contributed by atoms with Gasteiger partial charge in [-0.15, -0.1) is 16.7 Å². The van der Waals surface area contributed by atoms with Crippen molar-refractivity contribution in [1.29, 1.82) is 0 Å². The molecule has 6 nitrogen and oxygen atoms in total. The molecule has 0 saturated heterocycles. The summed E-state index contributed by atoms with van der Waals surface area (Å²) in [6.07, 6.45) is 0.681. The van der Waals surface area contributed by atoms with Gasteiger partial charge in [0, 0.05) is 17.2 Å². The maximum Gasteiger partial charge on any atom is 0.135 e. The van der Waals surface area contributed by atoms with Crippen molar-refractivity contribution in [3.63, 3.8) is 0 Å². The number of aliphatic hydroxyl groups is 1. The smallest absolute Gasteiger partial charge is 0.135 e. The van der Waals surface area contributed by atoms with E-state index in [0.29, 0.717) is 24.2 Å². The van der Waals surface area contributed by atoms with E-state index in [1.165, 1.54) is 16.4 Å². The molecule has 0 saturated carbocycles. The molecule has 184 valence electrons. The van der Waals surface area contributed by atoms with Crippen LogP contribution in [-0.4, -0.2) is 45.3 Å². The lowest BCUT2D eigenvalue weighted by Crippen LogP contribution is -2.24. The normalized spacial score (nSPS) is 13.5. The number of aromatic nitrogens is 3. The molecular formula is C25H30ClFIN3O3. The Labute approximate surface area is 218 Å². The zero-order chi connectivity index (χ0) is 24.7. The third-order valence-electron chi connectivity index (χ3n) is 5.58. The van der Waals surface area contributed by atoms with Gasteiger partial charge in [0.25, 0.3) is 0 Å². The van der Waals surface area contributed by atoms with E-state index >= 15 is 0 Å². The highest BCUT2D eigenvalue weighted by atomic mass is 127. The number of ether oxygens (including phenoxy) is 2. The van der Waals surface area contributed by atoms with E-state index in [1.54, 1.807) is 0 Å². The van der Waals surface area contributed by atoms with Gasteiger partial charge in [-0.25, -0.2) is 9.07 Å². The van der Waals surface area contributed by atoms with Crippen LogP contribution < -0.4 is 9.47 Å². The summed E-state index contributed by atoms with van der Waals surface area (Å²) >= 11 is 8.18. The van der Waals surface area contributed by atoms with Gasteiger partial charge in [0.05, 0.1) is 22.9 Å². The van der Waals surface area contributed by atoms with Crippen LogP contribution in [0.4, 0.5) is 4.39 Å². The molecule has 0 unspecified atom stereocenters. The van der Waals surface area contributed by atoms with Gasteiger partial charge in [-0.1, -0.05) is 44.2 Å². The quantitative estimate of drug-likeness (QED) is 0.224. The summed E-state index contributed by atoms with van der Waals surface area (Å²) in [4.78, 5) is 0. The molecule has 2 aromatic carbocycles. The van der Waals surface area contributed by atoms with E-state index in [2.05, 4.69) is 65.8 Å². The second-order valence-electron chi connectivity index (χ2n) is 8.90. The fraction of sp³-hybridized carbons (Fsp3) is 0.440. The molecule has 1 N–H and O–H groups in total. The first-order chi connectivity index (χ1) is 16.2. The van der Waals surface area contributed by atoms with Gasteiger partial charge in [-0.3, -0.25) is 0 Å². The number of benzene rings is 2. The third-order valence-corrected chi connectivity index (χ3v) is 6.95. The van der Waals surface area contributed by atoms with Crippen molar-refractivity contribution >= 4 is 34.2 Å².